The van der Waals surface area contributed by atoms with Crippen molar-refractivity contribution in [3.63, 3.8) is 0 Å². The van der Waals surface area contributed by atoms with Crippen molar-refractivity contribution in [2.45, 2.75) is 14.7 Å². The number of anilines is 1. The van der Waals surface area contributed by atoms with Crippen LogP contribution in [0.2, 0.25) is 0 Å². The van der Waals surface area contributed by atoms with Crippen LogP contribution >= 0.6 is 0 Å². The Kier molecular flexibility index (Phi) is 9.94. The monoisotopic (exact) mass is 809 g/mol. The van der Waals surface area contributed by atoms with Crippen LogP contribution in [-0.4, -0.2) is 63.3 Å². The van der Waals surface area contributed by atoms with Gasteiger partial charge >= 0.3 is 0 Å². The van der Waals surface area contributed by atoms with Gasteiger partial charge in [-0.25, -0.2) is 0 Å². The standard InChI is InChI=1S/C34H27N5O13S3/c1-51-25-14-17(6-10-22(25)36-38-24-12-8-20-27(53(42,43)44)13-9-21(35)31(20)33(24)40)18-7-11-23(26(15-18)52-2)37-39-32-29(55(48,49)50)16-19-4-3-5-28(54(45,46)47)30(19)34(32)41/h3-16,40-41H,35H2,1-2H3,(H,42,43,44)(H,45,46,47)(H,48,49,50). The van der Waals surface area contributed by atoms with Gasteiger partial charge < -0.3 is 25.4 Å². The maximum atomic E-state index is 12.3. The van der Waals surface area contributed by atoms with Crippen molar-refractivity contribution in [3.05, 3.63) is 84.9 Å². The Hall–Kier alpha value is -6.23. The second-order valence-electron chi connectivity index (χ2n) is 11.5. The number of hydrogen-bond acceptors (Lipinski definition) is 15. The van der Waals surface area contributed by atoms with Crippen molar-refractivity contribution in [3.8, 4) is 34.1 Å². The van der Waals surface area contributed by atoms with Crippen LogP contribution in [0.25, 0.3) is 32.7 Å². The molecule has 6 rings (SSSR count). The van der Waals surface area contributed by atoms with Crippen LogP contribution in [0, 0.1) is 0 Å². The van der Waals surface area contributed by atoms with Gasteiger partial charge in [-0.05, 0) is 71.1 Å². The highest BCUT2D eigenvalue weighted by atomic mass is 32.2. The minimum atomic E-state index is -5.04. The molecule has 0 spiro atoms. The van der Waals surface area contributed by atoms with E-state index in [1.165, 1.54) is 50.6 Å². The smallest absolute Gasteiger partial charge is 0.296 e. The van der Waals surface area contributed by atoms with E-state index in [1.54, 1.807) is 30.3 Å². The summed E-state index contributed by atoms with van der Waals surface area (Å²) < 4.78 is 112. The van der Waals surface area contributed by atoms with Gasteiger partial charge in [-0.15, -0.1) is 20.5 Å². The molecule has 0 fully saturated rings. The average molecular weight is 810 g/mol. The quantitative estimate of drug-likeness (QED) is 0.0451. The van der Waals surface area contributed by atoms with Gasteiger partial charge in [-0.3, -0.25) is 13.7 Å². The molecule has 0 atom stereocenters. The number of benzene rings is 6. The molecule has 0 unspecified atom stereocenters. The third-order valence-electron chi connectivity index (χ3n) is 8.21. The number of ether oxygens (including phenoxy) is 2. The van der Waals surface area contributed by atoms with Crippen LogP contribution in [0.3, 0.4) is 0 Å². The van der Waals surface area contributed by atoms with Crippen molar-refractivity contribution >= 4 is 80.3 Å². The summed E-state index contributed by atoms with van der Waals surface area (Å²) in [6.07, 6.45) is 0. The molecule has 0 aliphatic rings. The molecule has 55 heavy (non-hydrogen) atoms. The van der Waals surface area contributed by atoms with E-state index in [0.717, 1.165) is 18.2 Å². The first kappa shape index (κ1) is 38.5. The fourth-order valence-electron chi connectivity index (χ4n) is 5.69. The lowest BCUT2D eigenvalue weighted by molar-refractivity contribution is 0.415. The number of fused-ring (bicyclic) bond motifs is 2. The SMILES string of the molecule is COc1cc(-c2ccc(N=Nc3c(S(=O)(=O)O)cc4cccc(S(=O)(=O)O)c4c3O)c(OC)c2)ccc1N=Nc1ccc2c(S(=O)(=O)O)ccc(N)c2c1O. The first-order valence-electron chi connectivity index (χ1n) is 15.3. The maximum Gasteiger partial charge on any atom is 0.296 e. The Morgan fingerprint density at radius 2 is 1.07 bits per heavy atom. The second-order valence-corrected chi connectivity index (χ2v) is 15.7. The maximum absolute atomic E-state index is 12.3. The molecule has 21 heteroatoms. The molecule has 0 saturated heterocycles. The summed E-state index contributed by atoms with van der Waals surface area (Å²) >= 11 is 0. The molecule has 6 aromatic carbocycles. The highest BCUT2D eigenvalue weighted by Gasteiger charge is 2.26. The van der Waals surface area contributed by atoms with Gasteiger partial charge in [0.1, 0.15) is 48.9 Å². The number of nitrogen functional groups attached to an aromatic ring is 1. The molecule has 0 amide bonds. The first-order chi connectivity index (χ1) is 25.8. The number of rotatable bonds is 10. The Morgan fingerprint density at radius 3 is 1.62 bits per heavy atom. The molecular formula is C34H27N5O13S3. The Balaban J connectivity index is 1.35. The minimum Gasteiger partial charge on any atom is -0.505 e. The van der Waals surface area contributed by atoms with E-state index in [9.17, 15) is 49.1 Å². The van der Waals surface area contributed by atoms with Crippen molar-refractivity contribution in [2.24, 2.45) is 20.5 Å². The van der Waals surface area contributed by atoms with E-state index in [1.807, 2.05) is 0 Å². The number of phenols is 2. The zero-order chi connectivity index (χ0) is 40.0. The number of aromatic hydroxyl groups is 2. The highest BCUT2D eigenvalue weighted by Crippen LogP contribution is 2.45. The molecule has 0 radical (unpaired) electrons. The van der Waals surface area contributed by atoms with E-state index in [2.05, 4.69) is 20.5 Å². The van der Waals surface area contributed by atoms with Gasteiger partial charge in [0.2, 0.25) is 0 Å². The number of nitrogens with zero attached hydrogens (tertiary/aromatic N) is 4. The lowest BCUT2D eigenvalue weighted by atomic mass is 10.0. The first-order valence-corrected chi connectivity index (χ1v) is 19.6. The molecule has 0 aromatic heterocycles. The molecule has 7 N–H and O–H groups in total. The molecule has 18 nitrogen and oxygen atoms in total. The van der Waals surface area contributed by atoms with E-state index >= 15 is 0 Å². The third kappa shape index (κ3) is 7.47. The van der Waals surface area contributed by atoms with E-state index < -0.39 is 67.6 Å². The summed E-state index contributed by atoms with van der Waals surface area (Å²) in [5.41, 5.74) is 6.53. The third-order valence-corrected chi connectivity index (χ3v) is 10.9. The number of methoxy groups -OCH3 is 2. The number of hydrogen-bond donors (Lipinski definition) is 6. The lowest BCUT2D eigenvalue weighted by Crippen LogP contribution is -2.02. The minimum absolute atomic E-state index is 0.0204. The van der Waals surface area contributed by atoms with E-state index in [4.69, 9.17) is 15.2 Å². The van der Waals surface area contributed by atoms with Crippen LogP contribution in [0.5, 0.6) is 23.0 Å². The molecule has 0 bridgehead atoms. The molecule has 0 saturated carbocycles. The second kappa shape index (κ2) is 14.2. The van der Waals surface area contributed by atoms with Gasteiger partial charge in [0.25, 0.3) is 30.4 Å². The van der Waals surface area contributed by atoms with Crippen LogP contribution in [0.15, 0.2) is 120 Å². The fourth-order valence-corrected chi connectivity index (χ4v) is 7.76. The number of nitrogens with two attached hydrogens (primary N) is 1. The predicted molar refractivity (Wildman–Crippen MR) is 198 cm³/mol. The molecule has 0 aliphatic carbocycles. The largest absolute Gasteiger partial charge is 0.505 e. The topological polar surface area (TPSA) is 297 Å². The van der Waals surface area contributed by atoms with Crippen LogP contribution in [0.4, 0.5) is 28.4 Å². The lowest BCUT2D eigenvalue weighted by Gasteiger charge is -2.12. The predicted octanol–water partition coefficient (Wildman–Crippen LogP) is 7.24. The van der Waals surface area contributed by atoms with Gasteiger partial charge in [0.05, 0.1) is 19.6 Å². The molecule has 284 valence electrons. The molecule has 6 aromatic rings. The van der Waals surface area contributed by atoms with Crippen molar-refractivity contribution in [1.29, 1.82) is 0 Å². The Morgan fingerprint density at radius 1 is 0.545 bits per heavy atom. The summed E-state index contributed by atoms with van der Waals surface area (Å²) in [6, 6.07) is 18.6. The normalized spacial score (nSPS) is 12.6. The van der Waals surface area contributed by atoms with E-state index in [-0.39, 0.29) is 50.4 Å². The Labute approximate surface area is 312 Å². The molecule has 0 heterocycles. The zero-order valence-corrected chi connectivity index (χ0v) is 30.6. The summed E-state index contributed by atoms with van der Waals surface area (Å²) in [7, 11) is -11.8. The Bertz CT molecular complexity index is 2970. The summed E-state index contributed by atoms with van der Waals surface area (Å²) in [6.45, 7) is 0. The van der Waals surface area contributed by atoms with Crippen molar-refractivity contribution in [1.82, 2.24) is 0 Å². The van der Waals surface area contributed by atoms with Crippen molar-refractivity contribution in [2.75, 3.05) is 20.0 Å². The van der Waals surface area contributed by atoms with Gasteiger partial charge in [0.15, 0.2) is 11.5 Å². The summed E-state index contributed by atoms with van der Waals surface area (Å²) in [5, 5.41) is 37.3. The zero-order valence-electron chi connectivity index (χ0n) is 28.2. The van der Waals surface area contributed by atoms with E-state index in [0.29, 0.717) is 11.1 Å². The van der Waals surface area contributed by atoms with Gasteiger partial charge in [-0.2, -0.15) is 25.3 Å². The van der Waals surface area contributed by atoms with Crippen LogP contribution in [0.1, 0.15) is 0 Å². The molecular weight excluding hydrogens is 783 g/mol. The van der Waals surface area contributed by atoms with Gasteiger partial charge in [-0.1, -0.05) is 30.3 Å². The summed E-state index contributed by atoms with van der Waals surface area (Å²) in [5.74, 6) is -1.11. The fraction of sp³-hybridized carbons (Fsp3) is 0.0588. The molecule has 0 aliphatic heterocycles. The van der Waals surface area contributed by atoms with Crippen LogP contribution in [-0.2, 0) is 30.4 Å². The van der Waals surface area contributed by atoms with Crippen LogP contribution < -0.4 is 15.2 Å². The summed E-state index contributed by atoms with van der Waals surface area (Å²) in [4.78, 5) is -2.08. The van der Waals surface area contributed by atoms with Crippen molar-refractivity contribution < 1.29 is 58.6 Å². The number of phenolic OH excluding ortho intramolecular Hbond substituents is 2. The van der Waals surface area contributed by atoms with Gasteiger partial charge in [0, 0.05) is 16.5 Å². The average Bonchev–Trinajstić information content (AvgIpc) is 3.12. The highest BCUT2D eigenvalue weighted by molar-refractivity contribution is 7.86. The number of azo groups is 2.